The Morgan fingerprint density at radius 1 is 0.906 bits per heavy atom. The lowest BCUT2D eigenvalue weighted by molar-refractivity contribution is 0.270. The summed E-state index contributed by atoms with van der Waals surface area (Å²) in [5.41, 5.74) is 4.03. The molecular formula is C30H29NO. The van der Waals surface area contributed by atoms with E-state index in [1.165, 1.54) is 38.4 Å². The zero-order chi connectivity index (χ0) is 21.7. The lowest BCUT2D eigenvalue weighted by Crippen LogP contribution is -2.29. The van der Waals surface area contributed by atoms with Crippen LogP contribution < -0.4 is 10.1 Å². The second-order valence-corrected chi connectivity index (χ2v) is 9.66. The van der Waals surface area contributed by atoms with Gasteiger partial charge in [-0.2, -0.15) is 0 Å². The third-order valence-corrected chi connectivity index (χ3v) is 7.04. The lowest BCUT2D eigenvalue weighted by Gasteiger charge is -2.38. The largest absolute Gasteiger partial charge is 0.493 e. The molecule has 0 bridgehead atoms. The number of nitrogens with one attached hydrogen (secondary N) is 1. The summed E-state index contributed by atoms with van der Waals surface area (Å²) in [5, 5.41) is 9.31. The van der Waals surface area contributed by atoms with Gasteiger partial charge in [0.25, 0.3) is 0 Å². The lowest BCUT2D eigenvalue weighted by atomic mass is 9.75. The molecule has 2 heteroatoms. The Morgan fingerprint density at radius 3 is 2.34 bits per heavy atom. The second kappa shape index (κ2) is 7.70. The normalized spacial score (nSPS) is 21.5. The van der Waals surface area contributed by atoms with Crippen molar-refractivity contribution in [3.63, 3.8) is 0 Å². The maximum absolute atomic E-state index is 6.06. The molecule has 6 rings (SSSR count). The van der Waals surface area contributed by atoms with Crippen molar-refractivity contribution >= 4 is 27.2 Å². The van der Waals surface area contributed by atoms with Crippen LogP contribution in [0.2, 0.25) is 0 Å². The summed E-state index contributed by atoms with van der Waals surface area (Å²) in [5.74, 6) is 2.41. The van der Waals surface area contributed by atoms with Crippen LogP contribution in [0.5, 0.6) is 5.75 Å². The quantitative estimate of drug-likeness (QED) is 0.268. The van der Waals surface area contributed by atoms with Crippen molar-refractivity contribution in [1.82, 2.24) is 0 Å². The minimum Gasteiger partial charge on any atom is -0.493 e. The average Bonchev–Trinajstić information content (AvgIpc) is 3.31. The molecule has 1 aliphatic heterocycles. The van der Waals surface area contributed by atoms with Crippen LogP contribution in [0, 0.1) is 11.8 Å². The minimum absolute atomic E-state index is 0.265. The van der Waals surface area contributed by atoms with Gasteiger partial charge in [-0.1, -0.05) is 74.5 Å². The fraction of sp³-hybridized carbons (Fsp3) is 0.267. The van der Waals surface area contributed by atoms with Crippen molar-refractivity contribution in [2.75, 3.05) is 11.9 Å². The van der Waals surface area contributed by atoms with E-state index in [9.17, 15) is 0 Å². The number of ether oxygens (including phenoxy) is 1. The minimum atomic E-state index is 0.265. The number of fused-ring (bicyclic) bond motifs is 5. The van der Waals surface area contributed by atoms with E-state index < -0.39 is 0 Å². The molecule has 0 aromatic heterocycles. The highest BCUT2D eigenvalue weighted by atomic mass is 16.5. The fourth-order valence-corrected chi connectivity index (χ4v) is 5.59. The zero-order valence-corrected chi connectivity index (χ0v) is 18.7. The van der Waals surface area contributed by atoms with Gasteiger partial charge in [0.1, 0.15) is 5.75 Å². The monoisotopic (exact) mass is 419 g/mol. The van der Waals surface area contributed by atoms with Gasteiger partial charge in [0.2, 0.25) is 0 Å². The standard InChI is InChI=1S/C30H29NO/c1-19(2)18-32-22-14-15-28-27(17-22)25-12-7-13-26(25)30(31-28)29-23-10-5-3-8-20(23)16-21-9-4-6-11-24(21)29/h3-12,14-17,19,25-26,30-31H,13,18H2,1-2H3. The van der Waals surface area contributed by atoms with E-state index in [0.717, 1.165) is 18.8 Å². The van der Waals surface area contributed by atoms with Crippen LogP contribution in [0.3, 0.4) is 0 Å². The van der Waals surface area contributed by atoms with Crippen molar-refractivity contribution in [3.8, 4) is 5.75 Å². The van der Waals surface area contributed by atoms with Gasteiger partial charge in [0, 0.05) is 11.6 Å². The number of benzene rings is 4. The predicted octanol–water partition coefficient (Wildman–Crippen LogP) is 7.85. The topological polar surface area (TPSA) is 21.3 Å². The molecule has 0 saturated carbocycles. The number of hydrogen-bond acceptors (Lipinski definition) is 2. The third-order valence-electron chi connectivity index (χ3n) is 7.04. The van der Waals surface area contributed by atoms with Gasteiger partial charge in [-0.15, -0.1) is 0 Å². The first-order valence-corrected chi connectivity index (χ1v) is 11.8. The molecule has 2 nitrogen and oxygen atoms in total. The molecule has 0 radical (unpaired) electrons. The van der Waals surface area contributed by atoms with Crippen molar-refractivity contribution in [2.24, 2.45) is 11.8 Å². The molecule has 32 heavy (non-hydrogen) atoms. The third kappa shape index (κ3) is 3.17. The zero-order valence-electron chi connectivity index (χ0n) is 18.7. The van der Waals surface area contributed by atoms with Crippen molar-refractivity contribution < 1.29 is 4.74 Å². The molecule has 3 unspecified atom stereocenters. The van der Waals surface area contributed by atoms with Gasteiger partial charge in [-0.05, 0) is 75.2 Å². The summed E-state index contributed by atoms with van der Waals surface area (Å²) in [6.45, 7) is 5.13. The fourth-order valence-electron chi connectivity index (χ4n) is 5.59. The van der Waals surface area contributed by atoms with E-state index >= 15 is 0 Å². The number of anilines is 1. The van der Waals surface area contributed by atoms with E-state index in [0.29, 0.717) is 17.8 Å². The summed E-state index contributed by atoms with van der Waals surface area (Å²) in [6, 6.07) is 26.9. The number of rotatable bonds is 4. The smallest absolute Gasteiger partial charge is 0.119 e. The highest BCUT2D eigenvalue weighted by Crippen LogP contribution is 2.52. The summed E-state index contributed by atoms with van der Waals surface area (Å²) < 4.78 is 6.06. The Labute approximate surface area is 189 Å². The molecule has 2 aliphatic rings. The van der Waals surface area contributed by atoms with E-state index in [1.807, 2.05) is 0 Å². The molecule has 4 aromatic rings. The van der Waals surface area contributed by atoms with Gasteiger partial charge in [-0.25, -0.2) is 0 Å². The predicted molar refractivity (Wildman–Crippen MR) is 135 cm³/mol. The van der Waals surface area contributed by atoms with Gasteiger partial charge in [0.05, 0.1) is 12.6 Å². The Morgan fingerprint density at radius 2 is 1.62 bits per heavy atom. The number of allylic oxidation sites excluding steroid dienone is 2. The molecular weight excluding hydrogens is 390 g/mol. The summed E-state index contributed by atoms with van der Waals surface area (Å²) in [6.07, 6.45) is 5.88. The van der Waals surface area contributed by atoms with Crippen LogP contribution in [0.25, 0.3) is 21.5 Å². The molecule has 4 aromatic carbocycles. The van der Waals surface area contributed by atoms with E-state index in [4.69, 9.17) is 4.74 Å². The van der Waals surface area contributed by atoms with Crippen LogP contribution in [0.15, 0.2) is 84.9 Å². The van der Waals surface area contributed by atoms with E-state index in [-0.39, 0.29) is 6.04 Å². The SMILES string of the molecule is CC(C)COc1ccc2c(c1)C1C=CCC1C(c1c3ccccc3cc3ccccc13)N2. The van der Waals surface area contributed by atoms with Crippen LogP contribution >= 0.6 is 0 Å². The molecule has 1 aliphatic carbocycles. The summed E-state index contributed by atoms with van der Waals surface area (Å²) in [4.78, 5) is 0. The Bertz CT molecular complexity index is 1280. The molecule has 1 heterocycles. The van der Waals surface area contributed by atoms with E-state index in [2.05, 4.69) is 104 Å². The first-order chi connectivity index (χ1) is 15.7. The van der Waals surface area contributed by atoms with Crippen LogP contribution in [-0.4, -0.2) is 6.61 Å². The number of hydrogen-bond donors (Lipinski definition) is 1. The Kier molecular flexibility index (Phi) is 4.68. The van der Waals surface area contributed by atoms with Crippen molar-refractivity contribution in [3.05, 3.63) is 96.1 Å². The van der Waals surface area contributed by atoms with Crippen LogP contribution in [0.1, 0.15) is 43.4 Å². The second-order valence-electron chi connectivity index (χ2n) is 9.66. The highest BCUT2D eigenvalue weighted by molar-refractivity contribution is 6.03. The van der Waals surface area contributed by atoms with Crippen LogP contribution in [-0.2, 0) is 0 Å². The molecule has 0 amide bonds. The van der Waals surface area contributed by atoms with Gasteiger partial charge in [0.15, 0.2) is 0 Å². The Hall–Kier alpha value is -3.26. The van der Waals surface area contributed by atoms with Gasteiger partial charge >= 0.3 is 0 Å². The van der Waals surface area contributed by atoms with Gasteiger partial charge in [-0.3, -0.25) is 0 Å². The summed E-state index contributed by atoms with van der Waals surface area (Å²) >= 11 is 0. The Balaban J connectivity index is 1.49. The van der Waals surface area contributed by atoms with Crippen LogP contribution in [0.4, 0.5) is 5.69 Å². The molecule has 3 atom stereocenters. The molecule has 160 valence electrons. The highest BCUT2D eigenvalue weighted by Gasteiger charge is 2.39. The maximum Gasteiger partial charge on any atom is 0.119 e. The first-order valence-electron chi connectivity index (χ1n) is 11.8. The maximum atomic E-state index is 6.06. The molecule has 0 fully saturated rings. The molecule has 1 N–H and O–H groups in total. The average molecular weight is 420 g/mol. The summed E-state index contributed by atoms with van der Waals surface area (Å²) in [7, 11) is 0. The first kappa shape index (κ1) is 19.4. The van der Waals surface area contributed by atoms with Crippen molar-refractivity contribution in [1.29, 1.82) is 0 Å². The van der Waals surface area contributed by atoms with E-state index in [1.54, 1.807) is 0 Å². The van der Waals surface area contributed by atoms with Gasteiger partial charge < -0.3 is 10.1 Å². The molecule has 0 spiro atoms. The van der Waals surface area contributed by atoms with Crippen molar-refractivity contribution in [2.45, 2.75) is 32.2 Å². The molecule has 0 saturated heterocycles.